The monoisotopic (exact) mass is 898 g/mol. The van der Waals surface area contributed by atoms with Gasteiger partial charge in [-0.3, -0.25) is 19.6 Å². The van der Waals surface area contributed by atoms with Crippen LogP contribution in [0.15, 0.2) is 61.1 Å². The normalized spacial score (nSPS) is 11.5. The molecular formula is C37H39F9N6O10. The lowest BCUT2D eigenvalue weighted by Crippen LogP contribution is -2.41. The smallest absolute Gasteiger partial charge is 0.490 e. The van der Waals surface area contributed by atoms with Crippen LogP contribution in [0.2, 0.25) is 0 Å². The number of rotatable bonds is 13. The van der Waals surface area contributed by atoms with Gasteiger partial charge >= 0.3 is 36.4 Å². The van der Waals surface area contributed by atoms with E-state index in [1.54, 1.807) is 18.5 Å². The van der Waals surface area contributed by atoms with E-state index < -0.39 is 48.4 Å². The van der Waals surface area contributed by atoms with Crippen molar-refractivity contribution in [3.63, 3.8) is 0 Å². The molecule has 0 aliphatic carbocycles. The number of alkyl halides is 9. The molecule has 0 spiro atoms. The highest BCUT2D eigenvalue weighted by Gasteiger charge is 2.39. The second-order valence-electron chi connectivity index (χ2n) is 11.8. The first-order chi connectivity index (χ1) is 28.7. The molecule has 0 aliphatic heterocycles. The van der Waals surface area contributed by atoms with Crippen molar-refractivity contribution in [2.24, 2.45) is 11.5 Å². The molecule has 9 N–H and O–H groups in total. The molecule has 2 amide bonds. The number of aliphatic carboxylic acids is 3. The predicted molar refractivity (Wildman–Crippen MR) is 201 cm³/mol. The van der Waals surface area contributed by atoms with Crippen LogP contribution in [0.1, 0.15) is 47.8 Å². The first-order valence-electron chi connectivity index (χ1n) is 17.4. The van der Waals surface area contributed by atoms with E-state index in [0.29, 0.717) is 60.7 Å². The number of fused-ring (bicyclic) bond motifs is 1. The maximum atomic E-state index is 12.8. The van der Waals surface area contributed by atoms with Gasteiger partial charge in [0, 0.05) is 42.3 Å². The lowest BCUT2D eigenvalue weighted by molar-refractivity contribution is -0.193. The summed E-state index contributed by atoms with van der Waals surface area (Å²) in [5.74, 6) is -8.02. The third-order valence-corrected chi connectivity index (χ3v) is 7.38. The molecular weight excluding hydrogens is 859 g/mol. The fourth-order valence-electron chi connectivity index (χ4n) is 4.71. The summed E-state index contributed by atoms with van der Waals surface area (Å²) in [6.07, 6.45) is -9.34. The molecule has 0 radical (unpaired) electrons. The Morgan fingerprint density at radius 2 is 1.29 bits per heavy atom. The van der Waals surface area contributed by atoms with Gasteiger partial charge in [-0.25, -0.2) is 14.4 Å². The molecule has 0 fully saturated rings. The van der Waals surface area contributed by atoms with E-state index >= 15 is 0 Å². The van der Waals surface area contributed by atoms with Crippen LogP contribution in [0.25, 0.3) is 10.9 Å². The van der Waals surface area contributed by atoms with Crippen LogP contribution in [-0.4, -0.2) is 92.8 Å². The van der Waals surface area contributed by atoms with Crippen LogP contribution in [0.4, 0.5) is 50.9 Å². The van der Waals surface area contributed by atoms with Crippen molar-refractivity contribution in [3.05, 3.63) is 83.3 Å². The standard InChI is InChI=1S/C31H36N6O4.3C2HF3O2/c1-4-21-20(17-36-31(39)24(32)13-19-9-8-12-34-16-19)10-7-11-25(21)37-29-22-14-27(40-5-2)28(41-6-3)15-26(22)35-18-23(29)30(33)38;3*3-2(4,5)1(6)7/h7-12,14-16,18,24H,4-6,13,17,32H2,1-3H3,(H2,33,38)(H,35,37)(H,36,39);3*(H,6,7)/t24-;;;/m1.../s1. The Kier molecular flexibility index (Phi) is 20.3. The number of pyridine rings is 2. The number of carbonyl (C=O) groups excluding carboxylic acids is 2. The number of carboxylic acids is 3. The summed E-state index contributed by atoms with van der Waals surface area (Å²) in [6, 6.07) is 12.4. The molecule has 2 aromatic heterocycles. The average molecular weight is 899 g/mol. The Morgan fingerprint density at radius 3 is 1.73 bits per heavy atom. The quantitative estimate of drug-likeness (QED) is 0.0769. The molecule has 16 nitrogen and oxygen atoms in total. The number of nitrogens with one attached hydrogen (secondary N) is 2. The molecule has 62 heavy (non-hydrogen) atoms. The predicted octanol–water partition coefficient (Wildman–Crippen LogP) is 5.92. The van der Waals surface area contributed by atoms with E-state index in [2.05, 4.69) is 20.6 Å². The highest BCUT2D eigenvalue weighted by atomic mass is 19.4. The number of ether oxygens (including phenoxy) is 2. The zero-order valence-corrected chi connectivity index (χ0v) is 32.5. The summed E-state index contributed by atoms with van der Waals surface area (Å²) in [4.78, 5) is 60.5. The molecule has 4 aromatic rings. The number of anilines is 2. The zero-order valence-electron chi connectivity index (χ0n) is 32.5. The molecule has 1 atom stereocenters. The van der Waals surface area contributed by atoms with Gasteiger partial charge in [0.05, 0.1) is 36.0 Å². The Morgan fingerprint density at radius 1 is 0.774 bits per heavy atom. The Labute approximate surface area is 345 Å². The maximum absolute atomic E-state index is 12.8. The fraction of sp³-hybridized carbons (Fsp3) is 0.324. The van der Waals surface area contributed by atoms with Crippen LogP contribution in [-0.2, 0) is 38.6 Å². The number of nitrogens with zero attached hydrogens (tertiary/aromatic N) is 2. The number of amides is 2. The third-order valence-electron chi connectivity index (χ3n) is 7.38. The molecule has 0 bridgehead atoms. The van der Waals surface area contributed by atoms with Crippen molar-refractivity contribution in [2.45, 2.75) is 64.7 Å². The number of primary amides is 1. The van der Waals surface area contributed by atoms with E-state index in [1.807, 2.05) is 57.2 Å². The number of carbonyl (C=O) groups is 5. The van der Waals surface area contributed by atoms with Crippen molar-refractivity contribution < 1.29 is 88.3 Å². The minimum Gasteiger partial charge on any atom is -0.490 e. The summed E-state index contributed by atoms with van der Waals surface area (Å²) in [6.45, 7) is 7.02. The van der Waals surface area contributed by atoms with Crippen molar-refractivity contribution in [1.82, 2.24) is 15.3 Å². The van der Waals surface area contributed by atoms with Crippen LogP contribution in [0, 0.1) is 0 Å². The molecule has 0 saturated heterocycles. The SMILES string of the molecule is CCOc1cc2ncc(C(N)=O)c(Nc3cccc(CNC(=O)[C@H](N)Cc4cccnc4)c3CC)c2cc1OCC.O=C(O)C(F)(F)F.O=C(O)C(F)(F)F.O=C(O)C(F)(F)F. The average Bonchev–Trinajstić information content (AvgIpc) is 3.17. The number of nitrogens with two attached hydrogens (primary N) is 2. The van der Waals surface area contributed by atoms with Gasteiger partial charge in [0.1, 0.15) is 0 Å². The van der Waals surface area contributed by atoms with E-state index in [4.69, 9.17) is 50.6 Å². The summed E-state index contributed by atoms with van der Waals surface area (Å²) in [5.41, 5.74) is 16.9. The summed E-state index contributed by atoms with van der Waals surface area (Å²) in [5, 5.41) is 28.4. The number of hydrogen-bond donors (Lipinski definition) is 7. The van der Waals surface area contributed by atoms with E-state index in [0.717, 1.165) is 22.4 Å². The number of hydrogen-bond acceptors (Lipinski definition) is 11. The van der Waals surface area contributed by atoms with Crippen molar-refractivity contribution in [2.75, 3.05) is 18.5 Å². The first-order valence-corrected chi connectivity index (χ1v) is 17.4. The Balaban J connectivity index is 0.000000751. The lowest BCUT2D eigenvalue weighted by atomic mass is 10.0. The molecule has 25 heteroatoms. The maximum Gasteiger partial charge on any atom is 0.490 e. The molecule has 0 unspecified atom stereocenters. The van der Waals surface area contributed by atoms with Crippen molar-refractivity contribution >= 4 is 52.0 Å². The van der Waals surface area contributed by atoms with Gasteiger partial charge in [-0.2, -0.15) is 39.5 Å². The van der Waals surface area contributed by atoms with Crippen LogP contribution < -0.4 is 31.6 Å². The Hall–Kier alpha value is -6.92. The molecule has 2 aromatic carbocycles. The summed E-state index contributed by atoms with van der Waals surface area (Å²) < 4.78 is 107. The fourth-order valence-corrected chi connectivity index (χ4v) is 4.71. The van der Waals surface area contributed by atoms with Crippen molar-refractivity contribution in [1.29, 1.82) is 0 Å². The third kappa shape index (κ3) is 17.4. The van der Waals surface area contributed by atoms with Crippen LogP contribution in [0.3, 0.4) is 0 Å². The number of aromatic nitrogens is 2. The van der Waals surface area contributed by atoms with Gasteiger partial charge in [-0.05, 0) is 61.6 Å². The van der Waals surface area contributed by atoms with Gasteiger partial charge in [-0.1, -0.05) is 25.1 Å². The summed E-state index contributed by atoms with van der Waals surface area (Å²) in [7, 11) is 0. The highest BCUT2D eigenvalue weighted by molar-refractivity contribution is 6.08. The minimum atomic E-state index is -5.08. The second-order valence-corrected chi connectivity index (χ2v) is 11.8. The molecule has 2 heterocycles. The van der Waals surface area contributed by atoms with Gasteiger partial charge in [0.2, 0.25) is 5.91 Å². The van der Waals surface area contributed by atoms with E-state index in [-0.39, 0.29) is 11.5 Å². The van der Waals surface area contributed by atoms with Gasteiger partial charge < -0.3 is 46.9 Å². The van der Waals surface area contributed by atoms with Gasteiger partial charge in [0.25, 0.3) is 5.91 Å². The summed E-state index contributed by atoms with van der Waals surface area (Å²) >= 11 is 0. The van der Waals surface area contributed by atoms with Gasteiger partial charge in [0.15, 0.2) is 11.5 Å². The van der Waals surface area contributed by atoms with Crippen molar-refractivity contribution in [3.8, 4) is 11.5 Å². The van der Waals surface area contributed by atoms with E-state index in [9.17, 15) is 49.1 Å². The lowest BCUT2D eigenvalue weighted by Gasteiger charge is -2.20. The second kappa shape index (κ2) is 23.8. The van der Waals surface area contributed by atoms with E-state index in [1.165, 1.54) is 6.20 Å². The number of halogens is 9. The molecule has 340 valence electrons. The van der Waals surface area contributed by atoms with Gasteiger partial charge in [-0.15, -0.1) is 0 Å². The zero-order chi connectivity index (χ0) is 47.6. The topological polar surface area (TPSA) is 266 Å². The van der Waals surface area contributed by atoms with Crippen LogP contribution >= 0.6 is 0 Å². The molecule has 4 rings (SSSR count). The number of benzene rings is 2. The van der Waals surface area contributed by atoms with Crippen LogP contribution in [0.5, 0.6) is 11.5 Å². The Bertz CT molecular complexity index is 2100. The number of carboxylic acid groups (broad SMARTS) is 3. The highest BCUT2D eigenvalue weighted by Crippen LogP contribution is 2.38. The minimum absolute atomic E-state index is 0.242. The first kappa shape index (κ1) is 53.1. The molecule has 0 aliphatic rings. The largest absolute Gasteiger partial charge is 0.490 e. The molecule has 0 saturated carbocycles.